The molecule has 0 aromatic heterocycles. The van der Waals surface area contributed by atoms with Crippen molar-refractivity contribution in [1.82, 2.24) is 12.3 Å². The summed E-state index contributed by atoms with van der Waals surface area (Å²) in [6.45, 7) is 3.74. The molecule has 0 heterocycles. The van der Waals surface area contributed by atoms with E-state index in [1.165, 1.54) is 6.42 Å². The Labute approximate surface area is 63.5 Å². The molecule has 66 valence electrons. The van der Waals surface area contributed by atoms with Crippen LogP contribution in [0.1, 0.15) is 19.8 Å². The molecule has 0 bridgehead atoms. The predicted molar refractivity (Wildman–Crippen MR) is 46.6 cm³/mol. The first-order valence-corrected chi connectivity index (χ1v) is 3.21. The average Bonchev–Trinajstić information content (AvgIpc) is 1.83. The molecule has 0 spiro atoms. The molecule has 4 heteroatoms. The van der Waals surface area contributed by atoms with Crippen molar-refractivity contribution in [3.8, 4) is 0 Å². The lowest BCUT2D eigenvalue weighted by Gasteiger charge is -2.04. The van der Waals surface area contributed by atoms with Gasteiger partial charge in [0.1, 0.15) is 0 Å². The normalized spacial score (nSPS) is 11.1. The fourth-order valence-corrected chi connectivity index (χ4v) is 0.584. The molecule has 4 nitrogen and oxygen atoms in total. The molecule has 0 amide bonds. The first-order chi connectivity index (χ1) is 3.81. The molecular formula is C6H22N4. The highest BCUT2D eigenvalue weighted by molar-refractivity contribution is 4.52. The van der Waals surface area contributed by atoms with Crippen molar-refractivity contribution in [3.63, 3.8) is 0 Å². The van der Waals surface area contributed by atoms with Crippen LogP contribution in [0.15, 0.2) is 0 Å². The highest BCUT2D eigenvalue weighted by Gasteiger charge is 1.95. The van der Waals surface area contributed by atoms with Gasteiger partial charge in [0.05, 0.1) is 0 Å². The van der Waals surface area contributed by atoms with Crippen LogP contribution >= 0.6 is 0 Å². The van der Waals surface area contributed by atoms with Gasteiger partial charge in [-0.05, 0) is 31.8 Å². The van der Waals surface area contributed by atoms with Gasteiger partial charge < -0.3 is 23.8 Å². The maximum Gasteiger partial charge on any atom is -0.00515 e. The van der Waals surface area contributed by atoms with Crippen LogP contribution in [0, 0.1) is 5.92 Å². The summed E-state index contributed by atoms with van der Waals surface area (Å²) in [7, 11) is 0. The van der Waals surface area contributed by atoms with Crippen LogP contribution in [0.3, 0.4) is 0 Å². The molecule has 0 fully saturated rings. The van der Waals surface area contributed by atoms with Gasteiger partial charge in [-0.15, -0.1) is 0 Å². The van der Waals surface area contributed by atoms with E-state index in [9.17, 15) is 0 Å². The van der Waals surface area contributed by atoms with Gasteiger partial charge in [0.25, 0.3) is 0 Å². The molecule has 1 atom stereocenters. The Morgan fingerprint density at radius 1 is 1.20 bits per heavy atom. The molecular weight excluding hydrogens is 128 g/mol. The molecule has 0 rings (SSSR count). The lowest BCUT2D eigenvalue weighted by molar-refractivity contribution is 0.525. The van der Waals surface area contributed by atoms with Crippen LogP contribution < -0.4 is 23.8 Å². The van der Waals surface area contributed by atoms with Crippen LogP contribution in [-0.4, -0.2) is 13.1 Å². The van der Waals surface area contributed by atoms with Crippen LogP contribution in [0.5, 0.6) is 0 Å². The molecule has 0 saturated heterocycles. The van der Waals surface area contributed by atoms with Gasteiger partial charge in [0, 0.05) is 0 Å². The molecule has 0 saturated carbocycles. The quantitative estimate of drug-likeness (QED) is 0.469. The van der Waals surface area contributed by atoms with E-state index < -0.39 is 0 Å². The Hall–Kier alpha value is -0.160. The van der Waals surface area contributed by atoms with Crippen molar-refractivity contribution < 1.29 is 0 Å². The summed E-state index contributed by atoms with van der Waals surface area (Å²) in [5, 5.41) is 0. The molecule has 0 aromatic carbocycles. The zero-order valence-electron chi connectivity index (χ0n) is 6.97. The Bertz CT molecular complexity index is 49.0. The lowest BCUT2D eigenvalue weighted by Crippen LogP contribution is -2.12. The highest BCUT2D eigenvalue weighted by atomic mass is 14.5. The second-order valence-corrected chi connectivity index (χ2v) is 2.27. The standard InChI is InChI=1S/C6H16N2.2H3N/c1-6(5-8)3-2-4-7;;/h6H,2-5,7-8H2,1H3;2*1H3. The van der Waals surface area contributed by atoms with Crippen LogP contribution in [0.2, 0.25) is 0 Å². The molecule has 0 aliphatic carbocycles. The van der Waals surface area contributed by atoms with Gasteiger partial charge in [0.2, 0.25) is 0 Å². The Morgan fingerprint density at radius 2 is 1.70 bits per heavy atom. The van der Waals surface area contributed by atoms with E-state index >= 15 is 0 Å². The van der Waals surface area contributed by atoms with E-state index in [0.29, 0.717) is 5.92 Å². The van der Waals surface area contributed by atoms with Crippen LogP contribution in [0.4, 0.5) is 0 Å². The van der Waals surface area contributed by atoms with Crippen molar-refractivity contribution in [1.29, 1.82) is 0 Å². The third-order valence-electron chi connectivity index (χ3n) is 1.30. The zero-order chi connectivity index (χ0) is 6.41. The van der Waals surface area contributed by atoms with Gasteiger partial charge in [0.15, 0.2) is 0 Å². The van der Waals surface area contributed by atoms with Crippen molar-refractivity contribution in [2.75, 3.05) is 13.1 Å². The van der Waals surface area contributed by atoms with Crippen molar-refractivity contribution in [2.24, 2.45) is 17.4 Å². The smallest absolute Gasteiger partial charge is 0.00515 e. The predicted octanol–water partition coefficient (Wildman–Crippen LogP) is 0.644. The van der Waals surface area contributed by atoms with Gasteiger partial charge in [-0.1, -0.05) is 6.92 Å². The lowest BCUT2D eigenvalue weighted by atomic mass is 10.1. The second kappa shape index (κ2) is 11.6. The van der Waals surface area contributed by atoms with Crippen LogP contribution in [-0.2, 0) is 0 Å². The van der Waals surface area contributed by atoms with E-state index in [1.54, 1.807) is 0 Å². The Morgan fingerprint density at radius 3 is 2.00 bits per heavy atom. The minimum atomic E-state index is 0. The fraction of sp³-hybridized carbons (Fsp3) is 1.00. The topological polar surface area (TPSA) is 122 Å². The van der Waals surface area contributed by atoms with Crippen LogP contribution in [0.25, 0.3) is 0 Å². The number of nitrogens with two attached hydrogens (primary N) is 2. The number of hydrogen-bond acceptors (Lipinski definition) is 4. The van der Waals surface area contributed by atoms with Gasteiger partial charge in [-0.2, -0.15) is 0 Å². The molecule has 1 unspecified atom stereocenters. The minimum absolute atomic E-state index is 0. The number of hydrogen-bond donors (Lipinski definition) is 4. The largest absolute Gasteiger partial charge is 0.344 e. The Kier molecular flexibility index (Phi) is 19.1. The second-order valence-electron chi connectivity index (χ2n) is 2.27. The zero-order valence-corrected chi connectivity index (χ0v) is 6.97. The van der Waals surface area contributed by atoms with Crippen molar-refractivity contribution in [3.05, 3.63) is 0 Å². The third kappa shape index (κ3) is 10.8. The van der Waals surface area contributed by atoms with E-state index in [1.807, 2.05) is 0 Å². The first-order valence-electron chi connectivity index (χ1n) is 3.21. The summed E-state index contributed by atoms with van der Waals surface area (Å²) in [4.78, 5) is 0. The number of rotatable bonds is 4. The Balaban J connectivity index is -0.000000245. The highest BCUT2D eigenvalue weighted by Crippen LogP contribution is 2.00. The van der Waals surface area contributed by atoms with E-state index in [0.717, 1.165) is 19.5 Å². The molecule has 0 aromatic rings. The monoisotopic (exact) mass is 150 g/mol. The summed E-state index contributed by atoms with van der Waals surface area (Å²) < 4.78 is 0. The summed E-state index contributed by atoms with van der Waals surface area (Å²) >= 11 is 0. The molecule has 0 radical (unpaired) electrons. The molecule has 0 aliphatic rings. The summed E-state index contributed by atoms with van der Waals surface area (Å²) in [5.41, 5.74) is 10.7. The summed E-state index contributed by atoms with van der Waals surface area (Å²) in [6.07, 6.45) is 2.28. The maximum atomic E-state index is 5.37. The SMILES string of the molecule is CC(CN)CCCN.N.N. The third-order valence-corrected chi connectivity index (χ3v) is 1.30. The fourth-order valence-electron chi connectivity index (χ4n) is 0.584. The van der Waals surface area contributed by atoms with Crippen molar-refractivity contribution >= 4 is 0 Å². The summed E-state index contributed by atoms with van der Waals surface area (Å²) in [5.74, 6) is 0.651. The maximum absolute atomic E-state index is 5.37. The minimum Gasteiger partial charge on any atom is -0.344 e. The van der Waals surface area contributed by atoms with Gasteiger partial charge in [-0.3, -0.25) is 0 Å². The molecule has 0 aliphatic heterocycles. The van der Waals surface area contributed by atoms with E-state index in [2.05, 4.69) is 6.92 Å². The van der Waals surface area contributed by atoms with Gasteiger partial charge in [-0.25, -0.2) is 0 Å². The molecule has 10 N–H and O–H groups in total. The molecule has 10 heavy (non-hydrogen) atoms. The van der Waals surface area contributed by atoms with Gasteiger partial charge >= 0.3 is 0 Å². The van der Waals surface area contributed by atoms with Crippen molar-refractivity contribution in [2.45, 2.75) is 19.8 Å². The van der Waals surface area contributed by atoms with E-state index in [4.69, 9.17) is 11.5 Å². The van der Waals surface area contributed by atoms with E-state index in [-0.39, 0.29) is 12.3 Å². The first kappa shape index (κ1) is 16.4. The average molecular weight is 150 g/mol. The summed E-state index contributed by atoms with van der Waals surface area (Å²) in [6, 6.07) is 0.